The standard InChI is InChI=1S/C9H14N2O4S/c1-6(10)5-11-16(14,15)7-2-3-8(12)9(13)4-7/h2-4,6,11-13H,5,10H2,1H3. The number of hydrogen-bond donors (Lipinski definition) is 4. The molecule has 6 nitrogen and oxygen atoms in total. The van der Waals surface area contributed by atoms with E-state index >= 15 is 0 Å². The Morgan fingerprint density at radius 3 is 2.50 bits per heavy atom. The van der Waals surface area contributed by atoms with Crippen LogP contribution >= 0.6 is 0 Å². The van der Waals surface area contributed by atoms with Crippen LogP contribution in [-0.2, 0) is 10.0 Å². The van der Waals surface area contributed by atoms with E-state index in [9.17, 15) is 13.5 Å². The monoisotopic (exact) mass is 246 g/mol. The van der Waals surface area contributed by atoms with E-state index in [4.69, 9.17) is 10.8 Å². The summed E-state index contributed by atoms with van der Waals surface area (Å²) in [5.41, 5.74) is 5.42. The quantitative estimate of drug-likeness (QED) is 0.546. The van der Waals surface area contributed by atoms with Gasteiger partial charge in [0.25, 0.3) is 0 Å². The van der Waals surface area contributed by atoms with Gasteiger partial charge in [-0.05, 0) is 19.1 Å². The Morgan fingerprint density at radius 2 is 2.00 bits per heavy atom. The van der Waals surface area contributed by atoms with E-state index in [1.165, 1.54) is 6.07 Å². The van der Waals surface area contributed by atoms with E-state index in [0.29, 0.717) is 0 Å². The summed E-state index contributed by atoms with van der Waals surface area (Å²) in [6, 6.07) is 2.97. The number of sulfonamides is 1. The Labute approximate surface area is 93.8 Å². The van der Waals surface area contributed by atoms with Crippen LogP contribution in [0.25, 0.3) is 0 Å². The van der Waals surface area contributed by atoms with E-state index < -0.39 is 15.8 Å². The highest BCUT2D eigenvalue weighted by Gasteiger charge is 2.15. The van der Waals surface area contributed by atoms with Crippen LogP contribution in [-0.4, -0.2) is 31.2 Å². The predicted octanol–water partition coefficient (Wildman–Crippen LogP) is -0.277. The second kappa shape index (κ2) is 4.69. The summed E-state index contributed by atoms with van der Waals surface area (Å²) >= 11 is 0. The second-order valence-electron chi connectivity index (χ2n) is 3.48. The first-order chi connectivity index (χ1) is 7.33. The van der Waals surface area contributed by atoms with Crippen LogP contribution < -0.4 is 10.5 Å². The van der Waals surface area contributed by atoms with Gasteiger partial charge in [0.15, 0.2) is 11.5 Å². The van der Waals surface area contributed by atoms with Gasteiger partial charge in [0, 0.05) is 18.7 Å². The van der Waals surface area contributed by atoms with Crippen molar-refractivity contribution in [3.8, 4) is 11.5 Å². The largest absolute Gasteiger partial charge is 0.504 e. The number of aromatic hydroxyl groups is 2. The van der Waals surface area contributed by atoms with Crippen molar-refractivity contribution < 1.29 is 18.6 Å². The Morgan fingerprint density at radius 1 is 1.38 bits per heavy atom. The summed E-state index contributed by atoms with van der Waals surface area (Å²) < 4.78 is 25.6. The number of nitrogens with two attached hydrogens (primary N) is 1. The number of phenolic OH excluding ortho intramolecular Hbond substituents is 2. The van der Waals surface area contributed by atoms with Crippen LogP contribution in [0.2, 0.25) is 0 Å². The lowest BCUT2D eigenvalue weighted by Crippen LogP contribution is -2.35. The molecular weight excluding hydrogens is 232 g/mol. The first-order valence-corrected chi connectivity index (χ1v) is 6.08. The average molecular weight is 246 g/mol. The van der Waals surface area contributed by atoms with Gasteiger partial charge >= 0.3 is 0 Å². The van der Waals surface area contributed by atoms with Gasteiger partial charge in [0.1, 0.15) is 0 Å². The number of benzene rings is 1. The third-order valence-corrected chi connectivity index (χ3v) is 3.27. The summed E-state index contributed by atoms with van der Waals surface area (Å²) in [5, 5.41) is 18.2. The zero-order chi connectivity index (χ0) is 12.3. The van der Waals surface area contributed by atoms with Gasteiger partial charge in [-0.2, -0.15) is 0 Å². The Kier molecular flexibility index (Phi) is 3.74. The summed E-state index contributed by atoms with van der Waals surface area (Å²) in [5.74, 6) is -0.852. The van der Waals surface area contributed by atoms with Gasteiger partial charge in [0.05, 0.1) is 4.90 Å². The first kappa shape index (κ1) is 12.8. The van der Waals surface area contributed by atoms with E-state index in [-0.39, 0.29) is 23.2 Å². The lowest BCUT2D eigenvalue weighted by atomic mass is 10.3. The third-order valence-electron chi connectivity index (χ3n) is 1.85. The van der Waals surface area contributed by atoms with Gasteiger partial charge in [0.2, 0.25) is 10.0 Å². The number of phenols is 2. The van der Waals surface area contributed by atoms with Crippen molar-refractivity contribution in [2.45, 2.75) is 17.9 Å². The Hall–Kier alpha value is -1.31. The van der Waals surface area contributed by atoms with Crippen molar-refractivity contribution in [2.24, 2.45) is 5.73 Å². The maximum Gasteiger partial charge on any atom is 0.240 e. The predicted molar refractivity (Wildman–Crippen MR) is 58.6 cm³/mol. The van der Waals surface area contributed by atoms with E-state index in [1.54, 1.807) is 6.92 Å². The molecule has 0 radical (unpaired) electrons. The molecule has 1 aromatic carbocycles. The lowest BCUT2D eigenvalue weighted by Gasteiger charge is -2.09. The lowest BCUT2D eigenvalue weighted by molar-refractivity contribution is 0.402. The molecule has 0 spiro atoms. The summed E-state index contributed by atoms with van der Waals surface area (Å²) in [6.07, 6.45) is 0. The number of nitrogens with one attached hydrogen (secondary N) is 1. The topological polar surface area (TPSA) is 113 Å². The molecule has 0 aliphatic heterocycles. The van der Waals surface area contributed by atoms with E-state index in [2.05, 4.69) is 4.72 Å². The molecule has 0 aliphatic rings. The normalized spacial score (nSPS) is 13.6. The van der Waals surface area contributed by atoms with Crippen LogP contribution in [0.3, 0.4) is 0 Å². The molecule has 0 aromatic heterocycles. The van der Waals surface area contributed by atoms with Crippen LogP contribution in [0, 0.1) is 0 Å². The SMILES string of the molecule is CC(N)CNS(=O)(=O)c1ccc(O)c(O)c1. The van der Waals surface area contributed by atoms with Crippen LogP contribution in [0.15, 0.2) is 23.1 Å². The fraction of sp³-hybridized carbons (Fsp3) is 0.333. The molecule has 0 saturated carbocycles. The number of hydrogen-bond acceptors (Lipinski definition) is 5. The van der Waals surface area contributed by atoms with Crippen molar-refractivity contribution in [1.29, 1.82) is 0 Å². The van der Waals surface area contributed by atoms with Crippen molar-refractivity contribution in [3.63, 3.8) is 0 Å². The maximum absolute atomic E-state index is 11.6. The molecule has 0 aliphatic carbocycles. The number of rotatable bonds is 4. The van der Waals surface area contributed by atoms with Gasteiger partial charge < -0.3 is 15.9 Å². The highest BCUT2D eigenvalue weighted by Crippen LogP contribution is 2.26. The van der Waals surface area contributed by atoms with Gasteiger partial charge in [-0.15, -0.1) is 0 Å². The highest BCUT2D eigenvalue weighted by molar-refractivity contribution is 7.89. The highest BCUT2D eigenvalue weighted by atomic mass is 32.2. The average Bonchev–Trinajstić information content (AvgIpc) is 2.19. The van der Waals surface area contributed by atoms with Gasteiger partial charge in [-0.25, -0.2) is 13.1 Å². The maximum atomic E-state index is 11.6. The fourth-order valence-corrected chi connectivity index (χ4v) is 2.16. The van der Waals surface area contributed by atoms with Gasteiger partial charge in [-0.1, -0.05) is 0 Å². The third kappa shape index (κ3) is 3.09. The van der Waals surface area contributed by atoms with Crippen molar-refractivity contribution in [3.05, 3.63) is 18.2 Å². The van der Waals surface area contributed by atoms with Crippen molar-refractivity contribution in [2.75, 3.05) is 6.54 Å². The van der Waals surface area contributed by atoms with Crippen molar-refractivity contribution in [1.82, 2.24) is 4.72 Å². The molecule has 90 valence electrons. The molecule has 0 amide bonds. The van der Waals surface area contributed by atoms with E-state index in [0.717, 1.165) is 12.1 Å². The van der Waals surface area contributed by atoms with Gasteiger partial charge in [-0.3, -0.25) is 0 Å². The molecule has 0 saturated heterocycles. The summed E-state index contributed by atoms with van der Waals surface area (Å²) in [6.45, 7) is 1.76. The minimum Gasteiger partial charge on any atom is -0.504 e. The van der Waals surface area contributed by atoms with Crippen LogP contribution in [0.5, 0.6) is 11.5 Å². The smallest absolute Gasteiger partial charge is 0.240 e. The molecular formula is C9H14N2O4S. The Balaban J connectivity index is 2.94. The zero-order valence-electron chi connectivity index (χ0n) is 8.71. The molecule has 1 unspecified atom stereocenters. The molecule has 1 atom stereocenters. The molecule has 7 heteroatoms. The molecule has 16 heavy (non-hydrogen) atoms. The molecule has 1 aromatic rings. The fourth-order valence-electron chi connectivity index (χ4n) is 0.995. The summed E-state index contributed by atoms with van der Waals surface area (Å²) in [7, 11) is -3.70. The molecule has 0 fully saturated rings. The second-order valence-corrected chi connectivity index (χ2v) is 5.25. The zero-order valence-corrected chi connectivity index (χ0v) is 9.53. The minimum atomic E-state index is -3.70. The molecule has 5 N–H and O–H groups in total. The van der Waals surface area contributed by atoms with E-state index in [1.807, 2.05) is 0 Å². The molecule has 1 rings (SSSR count). The molecule has 0 bridgehead atoms. The summed E-state index contributed by atoms with van der Waals surface area (Å²) in [4.78, 5) is -0.122. The van der Waals surface area contributed by atoms with Crippen LogP contribution in [0.1, 0.15) is 6.92 Å². The van der Waals surface area contributed by atoms with Crippen LogP contribution in [0.4, 0.5) is 0 Å². The molecule has 0 heterocycles. The Bertz CT molecular complexity index is 470. The minimum absolute atomic E-state index is 0.101. The first-order valence-electron chi connectivity index (χ1n) is 4.60. The van der Waals surface area contributed by atoms with Crippen molar-refractivity contribution >= 4 is 10.0 Å².